The highest BCUT2D eigenvalue weighted by molar-refractivity contribution is 14.1. The Balaban J connectivity index is 3.29. The molecular formula is C6HCl2F3INO3S. The van der Waals surface area contributed by atoms with Crippen molar-refractivity contribution < 1.29 is 26.3 Å². The summed E-state index contributed by atoms with van der Waals surface area (Å²) >= 11 is 6.87. The third-order valence-corrected chi connectivity index (χ3v) is 4.25. The number of pyridine rings is 1. The molecule has 0 aromatic carbocycles. The Bertz CT molecular complexity index is 525. The molecule has 0 saturated carbocycles. The third-order valence-electron chi connectivity index (χ3n) is 1.33. The lowest BCUT2D eigenvalue weighted by atomic mass is 10.5. The van der Waals surface area contributed by atoms with E-state index in [1.54, 1.807) is 0 Å². The van der Waals surface area contributed by atoms with E-state index in [9.17, 15) is 21.6 Å². The molecule has 1 heterocycles. The number of nitrogens with zero attached hydrogens (tertiary/aromatic N) is 1. The summed E-state index contributed by atoms with van der Waals surface area (Å²) in [6, 6.07) is 0.618. The fourth-order valence-corrected chi connectivity index (χ4v) is 4.40. The molecule has 0 bridgehead atoms. The maximum atomic E-state index is 11.9. The Morgan fingerprint density at radius 2 is 1.94 bits per heavy atom. The van der Waals surface area contributed by atoms with Crippen molar-refractivity contribution in [2.75, 3.05) is 0 Å². The fraction of sp³-hybridized carbons (Fsp3) is 0.167. The number of ether oxygens (including phenoxy) is 1. The standard InChI is InChI=1S/C6HCl2F3INO3S/c7-2-1-3(16-6(9,10)11)13-5(12)4(2)17(8,14)15/h1H. The second-order valence-electron chi connectivity index (χ2n) is 2.55. The first-order valence-electron chi connectivity index (χ1n) is 3.57. The number of alkyl halides is 3. The van der Waals surface area contributed by atoms with Gasteiger partial charge in [-0.1, -0.05) is 11.6 Å². The quantitative estimate of drug-likeness (QED) is 0.418. The maximum absolute atomic E-state index is 11.9. The van der Waals surface area contributed by atoms with Crippen LogP contribution in [-0.4, -0.2) is 19.8 Å². The summed E-state index contributed by atoms with van der Waals surface area (Å²) in [6.45, 7) is 0. The van der Waals surface area contributed by atoms with Gasteiger partial charge in [0.1, 0.15) is 8.60 Å². The summed E-state index contributed by atoms with van der Waals surface area (Å²) in [4.78, 5) is 2.72. The summed E-state index contributed by atoms with van der Waals surface area (Å²) in [5, 5.41) is -0.501. The predicted octanol–water partition coefficient (Wildman–Crippen LogP) is 3.17. The highest BCUT2D eigenvalue weighted by Crippen LogP contribution is 2.32. The average Bonchev–Trinajstić information content (AvgIpc) is 1.94. The molecule has 1 rings (SSSR count). The molecule has 4 nitrogen and oxygen atoms in total. The molecule has 0 amide bonds. The summed E-state index contributed by atoms with van der Waals surface area (Å²) < 4.78 is 60.9. The fourth-order valence-electron chi connectivity index (χ4n) is 0.840. The Morgan fingerprint density at radius 3 is 2.29 bits per heavy atom. The van der Waals surface area contributed by atoms with Crippen LogP contribution in [0.2, 0.25) is 5.02 Å². The Morgan fingerprint density at radius 1 is 1.41 bits per heavy atom. The van der Waals surface area contributed by atoms with Crippen LogP contribution in [0, 0.1) is 3.70 Å². The molecule has 0 atom stereocenters. The molecular weight excluding hydrogens is 421 g/mol. The summed E-state index contributed by atoms with van der Waals surface area (Å²) in [6.07, 6.45) is -4.94. The van der Waals surface area contributed by atoms with E-state index in [1.807, 2.05) is 0 Å². The summed E-state index contributed by atoms with van der Waals surface area (Å²) in [5.74, 6) is -0.865. The molecule has 0 saturated heterocycles. The minimum absolute atomic E-state index is 0.315. The first-order chi connectivity index (χ1) is 7.50. The van der Waals surface area contributed by atoms with Gasteiger partial charge in [-0.3, -0.25) is 0 Å². The lowest BCUT2D eigenvalue weighted by Gasteiger charge is -2.10. The zero-order valence-corrected chi connectivity index (χ0v) is 11.9. The molecule has 0 spiro atoms. The van der Waals surface area contributed by atoms with Gasteiger partial charge in [0.2, 0.25) is 5.88 Å². The van der Waals surface area contributed by atoms with Crippen LogP contribution in [-0.2, 0) is 9.05 Å². The normalized spacial score (nSPS) is 12.6. The van der Waals surface area contributed by atoms with Crippen LogP contribution in [0.3, 0.4) is 0 Å². The van der Waals surface area contributed by atoms with Crippen molar-refractivity contribution in [3.8, 4) is 5.88 Å². The minimum atomic E-state index is -4.94. The van der Waals surface area contributed by atoms with Gasteiger partial charge in [0.15, 0.2) is 0 Å². The number of halogens is 6. The molecule has 0 aliphatic rings. The van der Waals surface area contributed by atoms with Crippen molar-refractivity contribution in [3.05, 3.63) is 14.8 Å². The zero-order chi connectivity index (χ0) is 13.4. The third kappa shape index (κ3) is 4.30. The highest BCUT2D eigenvalue weighted by Gasteiger charge is 2.33. The van der Waals surface area contributed by atoms with Crippen LogP contribution in [0.4, 0.5) is 13.2 Å². The largest absolute Gasteiger partial charge is 0.574 e. The SMILES string of the molecule is O=S(=O)(Cl)c1c(Cl)cc(OC(F)(F)F)nc1I. The number of rotatable bonds is 2. The topological polar surface area (TPSA) is 56.3 Å². The van der Waals surface area contributed by atoms with Crippen molar-refractivity contribution in [1.29, 1.82) is 0 Å². The molecule has 0 unspecified atom stereocenters. The van der Waals surface area contributed by atoms with Gasteiger partial charge >= 0.3 is 6.36 Å². The predicted molar refractivity (Wildman–Crippen MR) is 61.7 cm³/mol. The molecule has 96 valence electrons. The Labute approximate surface area is 117 Å². The minimum Gasteiger partial charge on any atom is -0.388 e. The maximum Gasteiger partial charge on any atom is 0.574 e. The van der Waals surface area contributed by atoms with E-state index in [1.165, 1.54) is 22.6 Å². The van der Waals surface area contributed by atoms with Gasteiger partial charge in [0, 0.05) is 16.7 Å². The first kappa shape index (κ1) is 15.1. The van der Waals surface area contributed by atoms with E-state index in [-0.39, 0.29) is 3.70 Å². The zero-order valence-electron chi connectivity index (χ0n) is 7.43. The van der Waals surface area contributed by atoms with Crippen LogP contribution in [0.25, 0.3) is 0 Å². The monoisotopic (exact) mass is 421 g/mol. The molecule has 1 aromatic heterocycles. The first-order valence-corrected chi connectivity index (χ1v) is 7.34. The molecule has 0 fully saturated rings. The highest BCUT2D eigenvalue weighted by atomic mass is 127. The molecule has 17 heavy (non-hydrogen) atoms. The van der Waals surface area contributed by atoms with E-state index in [0.717, 1.165) is 0 Å². The summed E-state index contributed by atoms with van der Waals surface area (Å²) in [5.41, 5.74) is 0. The van der Waals surface area contributed by atoms with E-state index < -0.39 is 31.2 Å². The Kier molecular flexibility index (Phi) is 4.37. The van der Waals surface area contributed by atoms with Gasteiger partial charge in [0.25, 0.3) is 9.05 Å². The molecule has 1 aromatic rings. The Hall–Kier alpha value is -0.000000000000000111. The van der Waals surface area contributed by atoms with E-state index in [0.29, 0.717) is 6.07 Å². The molecule has 0 N–H and O–H groups in total. The molecule has 0 radical (unpaired) electrons. The van der Waals surface area contributed by atoms with Gasteiger partial charge in [-0.25, -0.2) is 13.4 Å². The average molecular weight is 422 g/mol. The molecule has 0 aliphatic carbocycles. The summed E-state index contributed by atoms with van der Waals surface area (Å²) in [7, 11) is 0.843. The van der Waals surface area contributed by atoms with Crippen LogP contribution in [0.5, 0.6) is 5.88 Å². The smallest absolute Gasteiger partial charge is 0.388 e. The molecule has 11 heteroatoms. The number of hydrogen-bond acceptors (Lipinski definition) is 4. The van der Waals surface area contributed by atoms with Crippen molar-refractivity contribution in [3.63, 3.8) is 0 Å². The van der Waals surface area contributed by atoms with Crippen molar-refractivity contribution >= 4 is 53.9 Å². The van der Waals surface area contributed by atoms with E-state index in [2.05, 4.69) is 9.72 Å². The lowest BCUT2D eigenvalue weighted by molar-refractivity contribution is -0.276. The van der Waals surface area contributed by atoms with E-state index >= 15 is 0 Å². The van der Waals surface area contributed by atoms with Crippen LogP contribution in [0.15, 0.2) is 11.0 Å². The number of hydrogen-bond donors (Lipinski definition) is 0. The molecule has 0 aliphatic heterocycles. The van der Waals surface area contributed by atoms with Gasteiger partial charge in [0.05, 0.1) is 5.02 Å². The van der Waals surface area contributed by atoms with Gasteiger partial charge in [-0.15, -0.1) is 13.2 Å². The lowest BCUT2D eigenvalue weighted by Crippen LogP contribution is -2.18. The van der Waals surface area contributed by atoms with Crippen molar-refractivity contribution in [1.82, 2.24) is 4.98 Å². The van der Waals surface area contributed by atoms with Gasteiger partial charge < -0.3 is 4.74 Å². The van der Waals surface area contributed by atoms with Crippen LogP contribution >= 0.6 is 44.9 Å². The van der Waals surface area contributed by atoms with Crippen molar-refractivity contribution in [2.24, 2.45) is 0 Å². The number of aromatic nitrogens is 1. The van der Waals surface area contributed by atoms with E-state index in [4.69, 9.17) is 22.3 Å². The van der Waals surface area contributed by atoms with Gasteiger partial charge in [-0.05, 0) is 22.6 Å². The van der Waals surface area contributed by atoms with Gasteiger partial charge in [-0.2, -0.15) is 0 Å². The van der Waals surface area contributed by atoms with Crippen LogP contribution in [0.1, 0.15) is 0 Å². The van der Waals surface area contributed by atoms with Crippen LogP contribution < -0.4 is 4.74 Å². The second-order valence-corrected chi connectivity index (χ2v) is 6.48. The van der Waals surface area contributed by atoms with Crippen molar-refractivity contribution in [2.45, 2.75) is 11.3 Å². The second kappa shape index (κ2) is 4.94.